The first-order valence-corrected chi connectivity index (χ1v) is 13.8. The fourth-order valence-corrected chi connectivity index (χ4v) is 7.81. The molecule has 1 N–H and O–H groups in total. The van der Waals surface area contributed by atoms with Crippen LogP contribution >= 0.6 is 11.3 Å². The van der Waals surface area contributed by atoms with Gasteiger partial charge in [-0.15, -0.1) is 11.3 Å². The van der Waals surface area contributed by atoms with E-state index >= 15 is 0 Å². The Labute approximate surface area is 206 Å². The number of benzene rings is 1. The minimum atomic E-state index is -4.80. The molecule has 192 valence electrons. The summed E-state index contributed by atoms with van der Waals surface area (Å²) in [6.07, 6.45) is -3.63. The zero-order valence-electron chi connectivity index (χ0n) is 19.2. The van der Waals surface area contributed by atoms with Crippen molar-refractivity contribution in [2.75, 3.05) is 44.2 Å². The van der Waals surface area contributed by atoms with Crippen LogP contribution in [0.2, 0.25) is 0 Å². The van der Waals surface area contributed by atoms with Crippen LogP contribution in [-0.4, -0.2) is 86.4 Å². The summed E-state index contributed by atoms with van der Waals surface area (Å²) in [4.78, 5) is 4.40. The van der Waals surface area contributed by atoms with Crippen molar-refractivity contribution < 1.29 is 31.4 Å². The van der Waals surface area contributed by atoms with Gasteiger partial charge in [-0.25, -0.2) is 8.42 Å². The minimum absolute atomic E-state index is 0.188. The average molecular weight is 532 g/mol. The number of nitrogens with zero attached hydrogens (tertiary/aromatic N) is 3. The molecule has 0 radical (unpaired) electrons. The maximum atomic E-state index is 13.3. The van der Waals surface area contributed by atoms with E-state index in [2.05, 4.69) is 9.80 Å². The Kier molecular flexibility index (Phi) is 6.42. The van der Waals surface area contributed by atoms with Gasteiger partial charge in [0.15, 0.2) is 5.60 Å². The summed E-state index contributed by atoms with van der Waals surface area (Å²) < 4.78 is 73.7. The fourth-order valence-electron chi connectivity index (χ4n) is 5.19. The molecule has 3 aliphatic heterocycles. The Bertz CT molecular complexity index is 1140. The van der Waals surface area contributed by atoms with Crippen LogP contribution in [0.5, 0.6) is 0 Å². The largest absolute Gasteiger partial charge is 0.421 e. The molecule has 7 nitrogen and oxygen atoms in total. The van der Waals surface area contributed by atoms with Crippen molar-refractivity contribution >= 4 is 27.0 Å². The highest BCUT2D eigenvalue weighted by Crippen LogP contribution is 2.39. The van der Waals surface area contributed by atoms with Crippen LogP contribution in [0.1, 0.15) is 18.9 Å². The van der Waals surface area contributed by atoms with Gasteiger partial charge >= 0.3 is 6.18 Å². The maximum Gasteiger partial charge on any atom is 0.421 e. The monoisotopic (exact) mass is 531 g/mol. The van der Waals surface area contributed by atoms with Crippen LogP contribution in [0.25, 0.3) is 0 Å². The van der Waals surface area contributed by atoms with E-state index in [4.69, 9.17) is 4.74 Å². The van der Waals surface area contributed by atoms with Crippen LogP contribution in [0, 0.1) is 0 Å². The van der Waals surface area contributed by atoms with Crippen molar-refractivity contribution in [2.24, 2.45) is 0 Å². The molecule has 4 atom stereocenters. The van der Waals surface area contributed by atoms with Crippen LogP contribution < -0.4 is 4.90 Å². The fraction of sp³-hybridized carbons (Fsp3) is 0.565. The van der Waals surface area contributed by atoms with Crippen molar-refractivity contribution in [3.8, 4) is 0 Å². The topological polar surface area (TPSA) is 73.3 Å². The summed E-state index contributed by atoms with van der Waals surface area (Å²) in [7, 11) is -3.62. The number of morpholine rings is 1. The number of thiophene rings is 1. The van der Waals surface area contributed by atoms with Crippen LogP contribution in [-0.2, 0) is 20.4 Å². The number of rotatable bonds is 6. The molecule has 3 saturated heterocycles. The molecule has 35 heavy (non-hydrogen) atoms. The van der Waals surface area contributed by atoms with Crippen LogP contribution in [0.3, 0.4) is 0 Å². The number of fused-ring (bicyclic) bond motifs is 2. The van der Waals surface area contributed by atoms with Gasteiger partial charge in [0, 0.05) is 44.5 Å². The van der Waals surface area contributed by atoms with Gasteiger partial charge < -0.3 is 14.7 Å². The molecule has 4 heterocycles. The highest BCUT2D eigenvalue weighted by molar-refractivity contribution is 7.91. The molecule has 0 saturated carbocycles. The first-order chi connectivity index (χ1) is 16.5. The molecule has 0 spiro atoms. The molecule has 0 unspecified atom stereocenters. The standard InChI is InChI=1S/C23H28F3N3O4S2/c1-22(30,23(24,25)26)16-4-6-17(7-5-16)29-9-8-28(35(31,32)21-3-2-10-34-21)13-19(29)12-27-14-20-11-18(27)15-33-20/h2-7,10,18-20,30H,8-9,11-15H2,1H3/t18-,19+,20-,22+/m1/s1. The molecule has 1 aromatic heterocycles. The number of anilines is 1. The van der Waals surface area contributed by atoms with E-state index in [1.54, 1.807) is 29.6 Å². The highest BCUT2D eigenvalue weighted by Gasteiger charge is 2.51. The molecule has 0 aliphatic carbocycles. The third-order valence-electron chi connectivity index (χ3n) is 7.31. The average Bonchev–Trinajstić information content (AvgIpc) is 3.57. The first kappa shape index (κ1) is 25.0. The molecule has 3 fully saturated rings. The lowest BCUT2D eigenvalue weighted by Gasteiger charge is -2.44. The van der Waals surface area contributed by atoms with Crippen molar-refractivity contribution in [1.82, 2.24) is 9.21 Å². The summed E-state index contributed by atoms with van der Waals surface area (Å²) in [6.45, 7) is 3.77. The van der Waals surface area contributed by atoms with Gasteiger partial charge in [0.25, 0.3) is 10.0 Å². The maximum absolute atomic E-state index is 13.3. The number of ether oxygens (including phenoxy) is 1. The number of piperazine rings is 1. The minimum Gasteiger partial charge on any atom is -0.376 e. The van der Waals surface area contributed by atoms with E-state index in [-0.39, 0.29) is 30.8 Å². The van der Waals surface area contributed by atoms with Gasteiger partial charge in [-0.1, -0.05) is 18.2 Å². The summed E-state index contributed by atoms with van der Waals surface area (Å²) in [5.74, 6) is 0. The summed E-state index contributed by atoms with van der Waals surface area (Å²) in [5.41, 5.74) is -2.49. The normalized spacial score (nSPS) is 27.9. The van der Waals surface area contributed by atoms with E-state index in [1.807, 2.05) is 0 Å². The van der Waals surface area contributed by atoms with Gasteiger partial charge in [0.2, 0.25) is 0 Å². The van der Waals surface area contributed by atoms with Gasteiger partial charge in [-0.05, 0) is 42.5 Å². The van der Waals surface area contributed by atoms with Gasteiger partial charge in [0.05, 0.1) is 18.8 Å². The van der Waals surface area contributed by atoms with Crippen molar-refractivity contribution in [1.29, 1.82) is 0 Å². The number of sulfonamides is 1. The number of likely N-dealkylation sites (tertiary alicyclic amines) is 1. The number of hydrogen-bond acceptors (Lipinski definition) is 7. The molecule has 2 aromatic rings. The molecular formula is C23H28F3N3O4S2. The Morgan fingerprint density at radius 1 is 1.14 bits per heavy atom. The lowest BCUT2D eigenvalue weighted by molar-refractivity contribution is -0.258. The van der Waals surface area contributed by atoms with Crippen molar-refractivity contribution in [2.45, 2.75) is 47.5 Å². The van der Waals surface area contributed by atoms with E-state index in [0.29, 0.717) is 35.6 Å². The number of halogens is 3. The van der Waals surface area contributed by atoms with Crippen molar-refractivity contribution in [3.63, 3.8) is 0 Å². The Morgan fingerprint density at radius 3 is 2.46 bits per heavy atom. The second-order valence-electron chi connectivity index (χ2n) is 9.56. The van der Waals surface area contributed by atoms with E-state index in [9.17, 15) is 26.7 Å². The van der Waals surface area contributed by atoms with Gasteiger partial charge in [-0.2, -0.15) is 17.5 Å². The van der Waals surface area contributed by atoms with Crippen molar-refractivity contribution in [3.05, 3.63) is 47.3 Å². The molecular weight excluding hydrogens is 503 g/mol. The summed E-state index contributed by atoms with van der Waals surface area (Å²) in [6, 6.07) is 9.16. The predicted octanol–water partition coefficient (Wildman–Crippen LogP) is 2.87. The van der Waals surface area contributed by atoms with Crippen LogP contribution in [0.15, 0.2) is 46.0 Å². The van der Waals surface area contributed by atoms with E-state index in [1.165, 1.54) is 27.8 Å². The lowest BCUT2D eigenvalue weighted by Crippen LogP contribution is -2.59. The molecule has 0 amide bonds. The number of hydrogen-bond donors (Lipinski definition) is 1. The smallest absolute Gasteiger partial charge is 0.376 e. The predicted molar refractivity (Wildman–Crippen MR) is 126 cm³/mol. The molecule has 1 aromatic carbocycles. The third-order valence-corrected chi connectivity index (χ3v) is 10.5. The Hall–Kier alpha value is -1.70. The summed E-state index contributed by atoms with van der Waals surface area (Å²) in [5, 5.41) is 11.7. The second-order valence-corrected chi connectivity index (χ2v) is 12.7. The lowest BCUT2D eigenvalue weighted by atomic mass is 9.95. The zero-order chi connectivity index (χ0) is 25.0. The quantitative estimate of drug-likeness (QED) is 0.618. The van der Waals surface area contributed by atoms with Gasteiger partial charge in [-0.3, -0.25) is 4.90 Å². The van der Waals surface area contributed by atoms with E-state index < -0.39 is 21.8 Å². The van der Waals surface area contributed by atoms with Crippen LogP contribution in [0.4, 0.5) is 18.9 Å². The Balaban J connectivity index is 1.40. The molecule has 3 aliphatic rings. The Morgan fingerprint density at radius 2 is 1.89 bits per heavy atom. The van der Waals surface area contributed by atoms with E-state index in [0.717, 1.165) is 19.9 Å². The molecule has 2 bridgehead atoms. The number of aliphatic hydroxyl groups is 1. The second kappa shape index (κ2) is 9.00. The summed E-state index contributed by atoms with van der Waals surface area (Å²) >= 11 is 1.18. The number of alkyl halides is 3. The highest BCUT2D eigenvalue weighted by atomic mass is 32.2. The SMILES string of the molecule is C[C@](O)(c1ccc(N2CCN(S(=O)(=O)c3cccs3)C[C@@H]2CN2C[C@H]3C[C@@H]2CO3)cc1)C(F)(F)F. The first-order valence-electron chi connectivity index (χ1n) is 11.5. The third kappa shape index (κ3) is 4.60. The van der Waals surface area contributed by atoms with Gasteiger partial charge in [0.1, 0.15) is 4.21 Å². The molecule has 5 rings (SSSR count). The molecule has 12 heteroatoms. The zero-order valence-corrected chi connectivity index (χ0v) is 20.8.